The van der Waals surface area contributed by atoms with Gasteiger partial charge in [-0.25, -0.2) is 0 Å². The van der Waals surface area contributed by atoms with Crippen LogP contribution in [0.1, 0.15) is 28.5 Å². The van der Waals surface area contributed by atoms with Crippen molar-refractivity contribution in [2.45, 2.75) is 18.7 Å². The van der Waals surface area contributed by atoms with Crippen molar-refractivity contribution < 1.29 is 13.7 Å². The molecule has 0 radical (unpaired) electrons. The predicted molar refractivity (Wildman–Crippen MR) is 86.0 cm³/mol. The predicted octanol–water partition coefficient (Wildman–Crippen LogP) is 1.87. The topological polar surface area (TPSA) is 75.6 Å². The first-order valence-electron chi connectivity index (χ1n) is 7.60. The van der Waals surface area contributed by atoms with E-state index >= 15 is 0 Å². The van der Waals surface area contributed by atoms with E-state index in [4.69, 9.17) is 8.94 Å². The Balaban J connectivity index is 1.54. The van der Waals surface area contributed by atoms with Crippen molar-refractivity contribution in [3.05, 3.63) is 35.9 Å². The molecule has 7 nitrogen and oxygen atoms in total. The van der Waals surface area contributed by atoms with Gasteiger partial charge >= 0.3 is 0 Å². The van der Waals surface area contributed by atoms with Crippen LogP contribution in [0.15, 0.2) is 27.5 Å². The summed E-state index contributed by atoms with van der Waals surface area (Å²) >= 11 is 1.67. The number of thioether (sulfide) groups is 1. The third-order valence-electron chi connectivity index (χ3n) is 3.79. The minimum Gasteiger partial charge on any atom is -0.472 e. The Hall–Kier alpha value is -1.80. The molecule has 2 aromatic heterocycles. The zero-order valence-electron chi connectivity index (χ0n) is 13.1. The molecule has 1 fully saturated rings. The molecule has 0 saturated carbocycles. The van der Waals surface area contributed by atoms with Crippen LogP contribution in [0.25, 0.3) is 0 Å². The van der Waals surface area contributed by atoms with Crippen molar-refractivity contribution in [2.24, 2.45) is 0 Å². The molecule has 0 N–H and O–H groups in total. The number of aromatic nitrogens is 2. The molecule has 1 saturated heterocycles. The van der Waals surface area contributed by atoms with E-state index in [0.717, 1.165) is 37.6 Å². The maximum absolute atomic E-state index is 12.4. The summed E-state index contributed by atoms with van der Waals surface area (Å²) < 4.78 is 10.3. The Morgan fingerprint density at radius 1 is 1.35 bits per heavy atom. The van der Waals surface area contributed by atoms with Crippen molar-refractivity contribution in [3.8, 4) is 0 Å². The second-order valence-electron chi connectivity index (χ2n) is 5.47. The van der Waals surface area contributed by atoms with Crippen LogP contribution in [0, 0.1) is 0 Å². The molecule has 0 atom stereocenters. The van der Waals surface area contributed by atoms with Gasteiger partial charge in [0.2, 0.25) is 5.89 Å². The van der Waals surface area contributed by atoms with Crippen LogP contribution in [0.3, 0.4) is 0 Å². The molecular weight excluding hydrogens is 316 g/mol. The Bertz CT molecular complexity index is 628. The fourth-order valence-electron chi connectivity index (χ4n) is 2.63. The number of amides is 1. The number of furan rings is 1. The summed E-state index contributed by atoms with van der Waals surface area (Å²) in [6.07, 6.45) is 5.96. The molecule has 0 unspecified atom stereocenters. The standard InChI is InChI=1S/C15H20N4O3S/c1-23-11-13-16-14(22-17-13)9-18-4-2-5-19(7-6-18)15(20)12-3-8-21-10-12/h3,8,10H,2,4-7,9,11H2,1H3. The first-order valence-corrected chi connectivity index (χ1v) is 9.00. The Morgan fingerprint density at radius 2 is 2.26 bits per heavy atom. The minimum atomic E-state index is 0.0284. The second-order valence-corrected chi connectivity index (χ2v) is 6.34. The number of rotatable bonds is 5. The molecule has 3 rings (SSSR count). The molecule has 0 spiro atoms. The van der Waals surface area contributed by atoms with Gasteiger partial charge in [0, 0.05) is 26.2 Å². The molecule has 1 amide bonds. The van der Waals surface area contributed by atoms with Gasteiger partial charge in [-0.05, 0) is 18.7 Å². The fraction of sp³-hybridized carbons (Fsp3) is 0.533. The minimum absolute atomic E-state index is 0.0284. The molecule has 1 aliphatic rings. The molecule has 23 heavy (non-hydrogen) atoms. The Morgan fingerprint density at radius 3 is 3.04 bits per heavy atom. The van der Waals surface area contributed by atoms with Crippen molar-refractivity contribution in [2.75, 3.05) is 32.4 Å². The van der Waals surface area contributed by atoms with Gasteiger partial charge in [0.25, 0.3) is 5.91 Å². The molecule has 124 valence electrons. The average molecular weight is 336 g/mol. The number of nitrogens with zero attached hydrogens (tertiary/aromatic N) is 4. The summed E-state index contributed by atoms with van der Waals surface area (Å²) in [5.41, 5.74) is 0.608. The van der Waals surface area contributed by atoms with E-state index in [0.29, 0.717) is 24.5 Å². The lowest BCUT2D eigenvalue weighted by Crippen LogP contribution is -2.34. The third-order valence-corrected chi connectivity index (χ3v) is 4.33. The van der Waals surface area contributed by atoms with E-state index in [1.807, 2.05) is 11.2 Å². The highest BCUT2D eigenvalue weighted by Gasteiger charge is 2.22. The lowest BCUT2D eigenvalue weighted by molar-refractivity contribution is 0.0760. The van der Waals surface area contributed by atoms with Gasteiger partial charge in [-0.15, -0.1) is 0 Å². The van der Waals surface area contributed by atoms with E-state index in [2.05, 4.69) is 15.0 Å². The number of carbonyl (C=O) groups is 1. The highest BCUT2D eigenvalue weighted by atomic mass is 32.2. The van der Waals surface area contributed by atoms with Gasteiger partial charge in [-0.3, -0.25) is 9.69 Å². The van der Waals surface area contributed by atoms with Gasteiger partial charge in [0.05, 0.1) is 24.1 Å². The summed E-state index contributed by atoms with van der Waals surface area (Å²) in [6.45, 7) is 3.78. The van der Waals surface area contributed by atoms with Crippen LogP contribution in [0.5, 0.6) is 0 Å². The lowest BCUT2D eigenvalue weighted by Gasteiger charge is -2.20. The zero-order chi connectivity index (χ0) is 16.1. The maximum Gasteiger partial charge on any atom is 0.257 e. The number of carbonyl (C=O) groups excluding carboxylic acids is 1. The van der Waals surface area contributed by atoms with E-state index in [1.165, 1.54) is 12.5 Å². The van der Waals surface area contributed by atoms with Gasteiger partial charge < -0.3 is 13.8 Å². The Labute approximate surface area is 139 Å². The van der Waals surface area contributed by atoms with Gasteiger partial charge in [-0.2, -0.15) is 16.7 Å². The fourth-order valence-corrected chi connectivity index (χ4v) is 3.01. The number of hydrogen-bond donors (Lipinski definition) is 0. The van der Waals surface area contributed by atoms with E-state index in [9.17, 15) is 4.79 Å². The molecule has 0 aromatic carbocycles. The second kappa shape index (κ2) is 7.65. The quantitative estimate of drug-likeness (QED) is 0.825. The summed E-state index contributed by atoms with van der Waals surface area (Å²) in [5, 5.41) is 3.96. The monoisotopic (exact) mass is 336 g/mol. The average Bonchev–Trinajstić information content (AvgIpc) is 3.17. The molecule has 2 aromatic rings. The normalized spacial score (nSPS) is 16.5. The van der Waals surface area contributed by atoms with Crippen LogP contribution < -0.4 is 0 Å². The van der Waals surface area contributed by atoms with Gasteiger partial charge in [-0.1, -0.05) is 5.16 Å². The summed E-state index contributed by atoms with van der Waals surface area (Å²) in [7, 11) is 0. The SMILES string of the molecule is CSCc1noc(CN2CCCN(C(=O)c3ccoc3)CC2)n1. The molecular formula is C15H20N4O3S. The van der Waals surface area contributed by atoms with E-state index in [1.54, 1.807) is 17.8 Å². The van der Waals surface area contributed by atoms with E-state index in [-0.39, 0.29) is 5.91 Å². The van der Waals surface area contributed by atoms with Crippen LogP contribution in [0.2, 0.25) is 0 Å². The van der Waals surface area contributed by atoms with Crippen LogP contribution >= 0.6 is 11.8 Å². The molecule has 0 aliphatic carbocycles. The smallest absolute Gasteiger partial charge is 0.257 e. The maximum atomic E-state index is 12.4. The lowest BCUT2D eigenvalue weighted by atomic mass is 10.3. The summed E-state index contributed by atoms with van der Waals surface area (Å²) in [4.78, 5) is 20.9. The van der Waals surface area contributed by atoms with Gasteiger partial charge in [0.1, 0.15) is 6.26 Å². The molecule has 1 aliphatic heterocycles. The van der Waals surface area contributed by atoms with E-state index < -0.39 is 0 Å². The van der Waals surface area contributed by atoms with Crippen molar-refractivity contribution in [1.29, 1.82) is 0 Å². The van der Waals surface area contributed by atoms with Crippen LogP contribution in [-0.2, 0) is 12.3 Å². The van der Waals surface area contributed by atoms with Crippen molar-refractivity contribution >= 4 is 17.7 Å². The highest BCUT2D eigenvalue weighted by Crippen LogP contribution is 2.12. The van der Waals surface area contributed by atoms with Crippen LogP contribution in [0.4, 0.5) is 0 Å². The molecule has 0 bridgehead atoms. The van der Waals surface area contributed by atoms with Gasteiger partial charge in [0.15, 0.2) is 5.82 Å². The largest absolute Gasteiger partial charge is 0.472 e. The Kier molecular flexibility index (Phi) is 5.35. The van der Waals surface area contributed by atoms with Crippen LogP contribution in [-0.4, -0.2) is 58.3 Å². The first-order chi connectivity index (χ1) is 11.3. The zero-order valence-corrected chi connectivity index (χ0v) is 13.9. The van der Waals surface area contributed by atoms with Crippen molar-refractivity contribution in [1.82, 2.24) is 19.9 Å². The summed E-state index contributed by atoms with van der Waals surface area (Å²) in [6, 6.07) is 1.71. The molecule has 8 heteroatoms. The third kappa shape index (κ3) is 4.14. The summed E-state index contributed by atoms with van der Waals surface area (Å²) in [5.74, 6) is 2.17. The molecule has 3 heterocycles. The van der Waals surface area contributed by atoms with Crippen molar-refractivity contribution in [3.63, 3.8) is 0 Å². The first kappa shape index (κ1) is 16.1. The highest BCUT2D eigenvalue weighted by molar-refractivity contribution is 7.97. The number of hydrogen-bond acceptors (Lipinski definition) is 7.